The number of rotatable bonds is 6. The van der Waals surface area contributed by atoms with Crippen molar-refractivity contribution >= 4 is 15.9 Å². The number of amides is 1. The molecule has 7 heteroatoms. The van der Waals surface area contributed by atoms with Crippen LogP contribution in [0, 0.1) is 0 Å². The summed E-state index contributed by atoms with van der Waals surface area (Å²) in [6.45, 7) is 4.91. The van der Waals surface area contributed by atoms with Crippen molar-refractivity contribution < 1.29 is 18.3 Å². The van der Waals surface area contributed by atoms with Crippen LogP contribution in [0.25, 0.3) is 0 Å². The van der Waals surface area contributed by atoms with E-state index in [-0.39, 0.29) is 23.1 Å². The van der Waals surface area contributed by atoms with Crippen LogP contribution in [0.15, 0.2) is 29.2 Å². The van der Waals surface area contributed by atoms with Gasteiger partial charge in [0, 0.05) is 17.6 Å². The molecule has 0 aliphatic rings. The zero-order valence-electron chi connectivity index (χ0n) is 11.8. The Morgan fingerprint density at radius 1 is 1.30 bits per heavy atom. The summed E-state index contributed by atoms with van der Waals surface area (Å²) in [4.78, 5) is 11.9. The van der Waals surface area contributed by atoms with Crippen molar-refractivity contribution in [3.8, 4) is 0 Å². The summed E-state index contributed by atoms with van der Waals surface area (Å²) >= 11 is 0. The van der Waals surface area contributed by atoms with Gasteiger partial charge < -0.3 is 10.4 Å². The quantitative estimate of drug-likeness (QED) is 0.712. The second-order valence-corrected chi connectivity index (χ2v) is 6.57. The molecule has 1 aromatic carbocycles. The lowest BCUT2D eigenvalue weighted by molar-refractivity contribution is 0.0922. The van der Waals surface area contributed by atoms with E-state index in [2.05, 4.69) is 10.0 Å². The predicted octanol–water partition coefficient (Wildman–Crippen LogP) is 0.484. The minimum atomic E-state index is -3.63. The average Bonchev–Trinajstić information content (AvgIpc) is 2.37. The fourth-order valence-electron chi connectivity index (χ4n) is 1.54. The third-order valence-corrected chi connectivity index (χ3v) is 4.10. The molecule has 1 aromatic rings. The van der Waals surface area contributed by atoms with Crippen molar-refractivity contribution in [2.75, 3.05) is 6.61 Å². The molecule has 1 amide bonds. The minimum absolute atomic E-state index is 0.0375. The van der Waals surface area contributed by atoms with Gasteiger partial charge in [0.1, 0.15) is 0 Å². The SMILES string of the molecule is CC(C)NS(=O)(=O)c1cccc(C(=O)NC(C)CO)c1. The monoisotopic (exact) mass is 300 g/mol. The van der Waals surface area contributed by atoms with Gasteiger partial charge in [-0.1, -0.05) is 6.07 Å². The van der Waals surface area contributed by atoms with Crippen molar-refractivity contribution in [3.05, 3.63) is 29.8 Å². The van der Waals surface area contributed by atoms with Gasteiger partial charge in [-0.2, -0.15) is 0 Å². The van der Waals surface area contributed by atoms with Crippen LogP contribution in [0.3, 0.4) is 0 Å². The largest absolute Gasteiger partial charge is 0.394 e. The maximum Gasteiger partial charge on any atom is 0.251 e. The zero-order chi connectivity index (χ0) is 15.3. The van der Waals surface area contributed by atoms with Crippen molar-refractivity contribution in [1.29, 1.82) is 0 Å². The zero-order valence-corrected chi connectivity index (χ0v) is 12.6. The van der Waals surface area contributed by atoms with Gasteiger partial charge in [-0.15, -0.1) is 0 Å². The predicted molar refractivity (Wildman–Crippen MR) is 75.9 cm³/mol. The molecule has 1 unspecified atom stereocenters. The highest BCUT2D eigenvalue weighted by molar-refractivity contribution is 7.89. The summed E-state index contributed by atoms with van der Waals surface area (Å²) in [5, 5.41) is 11.5. The van der Waals surface area contributed by atoms with Crippen LogP contribution in [-0.4, -0.2) is 38.1 Å². The molecule has 0 heterocycles. The minimum Gasteiger partial charge on any atom is -0.394 e. The molecule has 0 bridgehead atoms. The summed E-state index contributed by atoms with van der Waals surface area (Å²) < 4.78 is 26.5. The fourth-order valence-corrected chi connectivity index (χ4v) is 2.83. The number of sulfonamides is 1. The molecule has 0 fully saturated rings. The number of nitrogens with one attached hydrogen (secondary N) is 2. The maximum atomic E-state index is 12.0. The van der Waals surface area contributed by atoms with Gasteiger partial charge in [-0.3, -0.25) is 4.79 Å². The summed E-state index contributed by atoms with van der Waals surface area (Å²) in [7, 11) is -3.63. The van der Waals surface area contributed by atoms with Gasteiger partial charge in [0.15, 0.2) is 0 Å². The molecule has 0 saturated heterocycles. The molecule has 1 rings (SSSR count). The van der Waals surface area contributed by atoms with E-state index in [1.807, 2.05) is 0 Å². The second kappa shape index (κ2) is 6.83. The number of hydrogen-bond acceptors (Lipinski definition) is 4. The Kier molecular flexibility index (Phi) is 5.67. The molecule has 3 N–H and O–H groups in total. The van der Waals surface area contributed by atoms with E-state index in [0.717, 1.165) is 0 Å². The third kappa shape index (κ3) is 4.59. The summed E-state index contributed by atoms with van der Waals surface area (Å²) in [6.07, 6.45) is 0. The van der Waals surface area contributed by atoms with Crippen LogP contribution in [0.5, 0.6) is 0 Å². The summed E-state index contributed by atoms with van der Waals surface area (Å²) in [5.41, 5.74) is 0.233. The Labute approximate surface area is 119 Å². The van der Waals surface area contributed by atoms with Crippen molar-refractivity contribution in [1.82, 2.24) is 10.0 Å². The lowest BCUT2D eigenvalue weighted by Crippen LogP contribution is -2.35. The average molecular weight is 300 g/mol. The number of carbonyl (C=O) groups excluding carboxylic acids is 1. The fraction of sp³-hybridized carbons (Fsp3) is 0.462. The molecular weight excluding hydrogens is 280 g/mol. The Hall–Kier alpha value is -1.44. The first-order valence-electron chi connectivity index (χ1n) is 6.30. The lowest BCUT2D eigenvalue weighted by atomic mass is 10.2. The van der Waals surface area contributed by atoms with Gasteiger partial charge in [0.25, 0.3) is 5.91 Å². The van der Waals surface area contributed by atoms with Crippen molar-refractivity contribution in [2.24, 2.45) is 0 Å². The van der Waals surface area contributed by atoms with Gasteiger partial charge in [0.2, 0.25) is 10.0 Å². The van der Waals surface area contributed by atoms with Gasteiger partial charge in [-0.05, 0) is 39.0 Å². The molecular formula is C13H20N2O4S. The molecule has 0 spiro atoms. The van der Waals surface area contributed by atoms with Gasteiger partial charge >= 0.3 is 0 Å². The molecule has 0 aromatic heterocycles. The molecule has 20 heavy (non-hydrogen) atoms. The Bertz CT molecular complexity index is 569. The lowest BCUT2D eigenvalue weighted by Gasteiger charge is -2.12. The Morgan fingerprint density at radius 2 is 1.95 bits per heavy atom. The topological polar surface area (TPSA) is 95.5 Å². The van der Waals surface area contributed by atoms with E-state index in [1.54, 1.807) is 20.8 Å². The van der Waals surface area contributed by atoms with Crippen molar-refractivity contribution in [3.63, 3.8) is 0 Å². The first kappa shape index (κ1) is 16.6. The second-order valence-electron chi connectivity index (χ2n) is 4.86. The van der Waals surface area contributed by atoms with Crippen molar-refractivity contribution in [2.45, 2.75) is 37.8 Å². The highest BCUT2D eigenvalue weighted by Crippen LogP contribution is 2.12. The van der Waals surface area contributed by atoms with E-state index in [9.17, 15) is 13.2 Å². The molecule has 1 atom stereocenters. The standard InChI is InChI=1S/C13H20N2O4S/c1-9(2)15-20(18,19)12-6-4-5-11(7-12)13(17)14-10(3)8-16/h4-7,9-10,15-16H,8H2,1-3H3,(H,14,17). The van der Waals surface area contributed by atoms with E-state index in [0.29, 0.717) is 0 Å². The van der Waals surface area contributed by atoms with Gasteiger partial charge in [0.05, 0.1) is 11.5 Å². The van der Waals surface area contributed by atoms with E-state index < -0.39 is 22.0 Å². The molecule has 0 saturated carbocycles. The summed E-state index contributed by atoms with van der Waals surface area (Å²) in [6, 6.07) is 5.14. The Morgan fingerprint density at radius 3 is 2.50 bits per heavy atom. The van der Waals surface area contributed by atoms with Crippen LogP contribution in [0.1, 0.15) is 31.1 Å². The van der Waals surface area contributed by atoms with Crippen LogP contribution in [0.2, 0.25) is 0 Å². The first-order valence-corrected chi connectivity index (χ1v) is 7.78. The number of carbonyl (C=O) groups is 1. The molecule has 0 aliphatic heterocycles. The highest BCUT2D eigenvalue weighted by atomic mass is 32.2. The maximum absolute atomic E-state index is 12.0. The molecule has 6 nitrogen and oxygen atoms in total. The first-order chi connectivity index (χ1) is 9.26. The van der Waals surface area contributed by atoms with Crippen LogP contribution < -0.4 is 10.0 Å². The molecule has 0 radical (unpaired) electrons. The van der Waals surface area contributed by atoms with Gasteiger partial charge in [-0.25, -0.2) is 13.1 Å². The number of benzene rings is 1. The Balaban J connectivity index is 2.99. The number of aliphatic hydroxyl groups excluding tert-OH is 1. The normalized spacial score (nSPS) is 13.2. The van der Waals surface area contributed by atoms with Crippen LogP contribution >= 0.6 is 0 Å². The highest BCUT2D eigenvalue weighted by Gasteiger charge is 2.17. The smallest absolute Gasteiger partial charge is 0.251 e. The number of aliphatic hydroxyl groups is 1. The summed E-state index contributed by atoms with van der Waals surface area (Å²) in [5.74, 6) is -0.423. The molecule has 112 valence electrons. The number of hydrogen-bond donors (Lipinski definition) is 3. The van der Waals surface area contributed by atoms with Crippen LogP contribution in [-0.2, 0) is 10.0 Å². The molecule has 0 aliphatic carbocycles. The third-order valence-electron chi connectivity index (χ3n) is 2.45. The van der Waals surface area contributed by atoms with E-state index in [4.69, 9.17) is 5.11 Å². The van der Waals surface area contributed by atoms with E-state index in [1.165, 1.54) is 24.3 Å². The van der Waals surface area contributed by atoms with E-state index >= 15 is 0 Å². The van der Waals surface area contributed by atoms with Crippen LogP contribution in [0.4, 0.5) is 0 Å².